The van der Waals surface area contributed by atoms with Crippen molar-refractivity contribution >= 4 is 22.5 Å². The molecular weight excluding hydrogens is 240 g/mol. The summed E-state index contributed by atoms with van der Waals surface area (Å²) in [6.07, 6.45) is 4.85. The van der Waals surface area contributed by atoms with Crippen molar-refractivity contribution < 1.29 is 4.79 Å². The molecule has 19 heavy (non-hydrogen) atoms. The maximum atomic E-state index is 11.9. The second kappa shape index (κ2) is 5.40. The van der Waals surface area contributed by atoms with Gasteiger partial charge in [-0.05, 0) is 44.1 Å². The molecule has 5 heteroatoms. The van der Waals surface area contributed by atoms with Gasteiger partial charge in [-0.1, -0.05) is 0 Å². The molecule has 0 saturated carbocycles. The summed E-state index contributed by atoms with van der Waals surface area (Å²) in [5.74, 6) is 0.0748. The Kier molecular flexibility index (Phi) is 3.46. The van der Waals surface area contributed by atoms with Crippen molar-refractivity contribution in [2.24, 2.45) is 0 Å². The largest absolute Gasteiger partial charge is 0.326 e. The van der Waals surface area contributed by atoms with Crippen LogP contribution in [0.15, 0.2) is 24.4 Å². The van der Waals surface area contributed by atoms with Crippen LogP contribution < -0.4 is 5.32 Å². The predicted molar refractivity (Wildman–Crippen MR) is 75.0 cm³/mol. The van der Waals surface area contributed by atoms with E-state index in [1.165, 1.54) is 12.8 Å². The molecule has 1 amide bonds. The fraction of sp³-hybridized carbons (Fsp3) is 0.429. The zero-order chi connectivity index (χ0) is 13.1. The minimum atomic E-state index is 0.0748. The van der Waals surface area contributed by atoms with Crippen LogP contribution in [0, 0.1) is 0 Å². The summed E-state index contributed by atoms with van der Waals surface area (Å²) < 4.78 is 0. The van der Waals surface area contributed by atoms with Crippen LogP contribution in [0.5, 0.6) is 0 Å². The van der Waals surface area contributed by atoms with E-state index in [-0.39, 0.29) is 5.91 Å². The van der Waals surface area contributed by atoms with Crippen LogP contribution in [0.3, 0.4) is 0 Å². The Morgan fingerprint density at radius 1 is 1.37 bits per heavy atom. The summed E-state index contributed by atoms with van der Waals surface area (Å²) in [6, 6.07) is 5.77. The zero-order valence-electron chi connectivity index (χ0n) is 10.9. The molecule has 1 aliphatic heterocycles. The van der Waals surface area contributed by atoms with E-state index in [9.17, 15) is 4.79 Å². The van der Waals surface area contributed by atoms with Crippen molar-refractivity contribution in [3.05, 3.63) is 24.4 Å². The molecule has 3 rings (SSSR count). The maximum absolute atomic E-state index is 11.9. The normalized spacial score (nSPS) is 16.0. The van der Waals surface area contributed by atoms with E-state index in [4.69, 9.17) is 0 Å². The average molecular weight is 258 g/mol. The molecule has 100 valence electrons. The van der Waals surface area contributed by atoms with Crippen LogP contribution in [0.25, 0.3) is 10.9 Å². The van der Waals surface area contributed by atoms with Crippen LogP contribution in [-0.2, 0) is 4.79 Å². The van der Waals surface area contributed by atoms with Crippen LogP contribution in [0.4, 0.5) is 5.69 Å². The second-order valence-electron chi connectivity index (χ2n) is 5.02. The molecule has 1 aromatic carbocycles. The third-order valence-electron chi connectivity index (χ3n) is 3.58. The summed E-state index contributed by atoms with van der Waals surface area (Å²) in [4.78, 5) is 14.2. The number of anilines is 1. The Balaban J connectivity index is 1.55. The zero-order valence-corrected chi connectivity index (χ0v) is 10.9. The lowest BCUT2D eigenvalue weighted by Gasteiger charge is -2.13. The van der Waals surface area contributed by atoms with E-state index in [1.54, 1.807) is 6.20 Å². The van der Waals surface area contributed by atoms with Gasteiger partial charge in [0.05, 0.1) is 11.7 Å². The molecule has 0 atom stereocenters. The maximum Gasteiger partial charge on any atom is 0.225 e. The summed E-state index contributed by atoms with van der Waals surface area (Å²) in [5, 5.41) is 10.9. The summed E-state index contributed by atoms with van der Waals surface area (Å²) in [5.41, 5.74) is 1.76. The van der Waals surface area contributed by atoms with Crippen molar-refractivity contribution in [2.45, 2.75) is 19.3 Å². The first-order valence-corrected chi connectivity index (χ1v) is 6.76. The predicted octanol–water partition coefficient (Wildman–Crippen LogP) is 1.99. The van der Waals surface area contributed by atoms with Crippen LogP contribution in [-0.4, -0.2) is 40.6 Å². The number of aromatic amines is 1. The lowest BCUT2D eigenvalue weighted by atomic mass is 10.2. The number of likely N-dealkylation sites (tertiary alicyclic amines) is 1. The van der Waals surface area contributed by atoms with E-state index >= 15 is 0 Å². The molecule has 2 heterocycles. The number of hydrogen-bond donors (Lipinski definition) is 2. The van der Waals surface area contributed by atoms with Crippen molar-refractivity contribution in [1.29, 1.82) is 0 Å². The Bertz CT molecular complexity index is 572. The van der Waals surface area contributed by atoms with Crippen molar-refractivity contribution in [1.82, 2.24) is 15.1 Å². The number of carbonyl (C=O) groups is 1. The quantitative estimate of drug-likeness (QED) is 0.881. The van der Waals surface area contributed by atoms with Crippen molar-refractivity contribution in [3.63, 3.8) is 0 Å². The molecule has 0 spiro atoms. The van der Waals surface area contributed by atoms with E-state index in [1.807, 2.05) is 18.2 Å². The van der Waals surface area contributed by atoms with E-state index in [0.717, 1.165) is 36.2 Å². The summed E-state index contributed by atoms with van der Waals surface area (Å²) in [7, 11) is 0. The Labute approximate surface area is 112 Å². The number of H-pyrrole nitrogens is 1. The van der Waals surface area contributed by atoms with Gasteiger partial charge in [0.15, 0.2) is 0 Å². The minimum absolute atomic E-state index is 0.0748. The van der Waals surface area contributed by atoms with Gasteiger partial charge in [0.25, 0.3) is 0 Å². The molecule has 0 radical (unpaired) electrons. The van der Waals surface area contributed by atoms with Crippen molar-refractivity contribution in [3.8, 4) is 0 Å². The van der Waals surface area contributed by atoms with Gasteiger partial charge in [-0.3, -0.25) is 9.89 Å². The molecule has 1 fully saturated rings. The van der Waals surface area contributed by atoms with E-state index in [2.05, 4.69) is 20.4 Å². The number of amides is 1. The lowest BCUT2D eigenvalue weighted by Crippen LogP contribution is -2.25. The highest BCUT2D eigenvalue weighted by atomic mass is 16.1. The molecule has 0 bridgehead atoms. The Morgan fingerprint density at radius 2 is 2.21 bits per heavy atom. The number of aromatic nitrogens is 2. The van der Waals surface area contributed by atoms with Gasteiger partial charge in [-0.25, -0.2) is 0 Å². The minimum Gasteiger partial charge on any atom is -0.326 e. The third kappa shape index (κ3) is 2.93. The molecule has 0 aliphatic carbocycles. The second-order valence-corrected chi connectivity index (χ2v) is 5.02. The molecule has 1 saturated heterocycles. The summed E-state index contributed by atoms with van der Waals surface area (Å²) >= 11 is 0. The van der Waals surface area contributed by atoms with Gasteiger partial charge in [0, 0.05) is 24.0 Å². The Hall–Kier alpha value is -1.88. The van der Waals surface area contributed by atoms with Gasteiger partial charge >= 0.3 is 0 Å². The molecule has 1 aromatic heterocycles. The van der Waals surface area contributed by atoms with E-state index < -0.39 is 0 Å². The molecule has 5 nitrogen and oxygen atoms in total. The number of hydrogen-bond acceptors (Lipinski definition) is 3. The third-order valence-corrected chi connectivity index (χ3v) is 3.58. The topological polar surface area (TPSA) is 61.0 Å². The summed E-state index contributed by atoms with van der Waals surface area (Å²) in [6.45, 7) is 3.12. The SMILES string of the molecule is O=C(CCN1CCCC1)Nc1ccc2cn[nH]c2c1. The number of benzene rings is 1. The first kappa shape index (κ1) is 12.2. The van der Waals surface area contributed by atoms with Crippen LogP contribution in [0.1, 0.15) is 19.3 Å². The number of nitrogens with one attached hydrogen (secondary N) is 2. The average Bonchev–Trinajstić information content (AvgIpc) is 3.07. The monoisotopic (exact) mass is 258 g/mol. The van der Waals surface area contributed by atoms with Crippen LogP contribution in [0.2, 0.25) is 0 Å². The van der Waals surface area contributed by atoms with Gasteiger partial charge < -0.3 is 10.2 Å². The number of rotatable bonds is 4. The molecule has 1 aliphatic rings. The molecule has 2 N–H and O–H groups in total. The molecular formula is C14H18N4O. The first-order valence-electron chi connectivity index (χ1n) is 6.76. The number of fused-ring (bicyclic) bond motifs is 1. The van der Waals surface area contributed by atoms with E-state index in [0.29, 0.717) is 6.42 Å². The van der Waals surface area contributed by atoms with Gasteiger partial charge in [-0.2, -0.15) is 5.10 Å². The standard InChI is InChI=1S/C14H18N4O/c19-14(5-8-18-6-1-2-7-18)16-12-4-3-11-10-15-17-13(11)9-12/h3-4,9-10H,1-2,5-8H2,(H,15,17)(H,16,19). The lowest BCUT2D eigenvalue weighted by molar-refractivity contribution is -0.116. The van der Waals surface area contributed by atoms with Crippen molar-refractivity contribution in [2.75, 3.05) is 25.0 Å². The fourth-order valence-electron chi connectivity index (χ4n) is 2.50. The smallest absolute Gasteiger partial charge is 0.225 e. The van der Waals surface area contributed by atoms with Gasteiger partial charge in [-0.15, -0.1) is 0 Å². The van der Waals surface area contributed by atoms with Gasteiger partial charge in [0.2, 0.25) is 5.91 Å². The molecule has 0 unspecified atom stereocenters. The first-order chi connectivity index (χ1) is 9.31. The van der Waals surface area contributed by atoms with Gasteiger partial charge in [0.1, 0.15) is 0 Å². The fourth-order valence-corrected chi connectivity index (χ4v) is 2.50. The highest BCUT2D eigenvalue weighted by molar-refractivity contribution is 5.93. The number of nitrogens with zero attached hydrogens (tertiary/aromatic N) is 2. The van der Waals surface area contributed by atoms with Crippen LogP contribution >= 0.6 is 0 Å². The Morgan fingerprint density at radius 3 is 3.05 bits per heavy atom. The highest BCUT2D eigenvalue weighted by Gasteiger charge is 2.12. The molecule has 2 aromatic rings. The highest BCUT2D eigenvalue weighted by Crippen LogP contribution is 2.16. The number of carbonyl (C=O) groups excluding carboxylic acids is 1.